The number of ether oxygens (including phenoxy) is 1. The van der Waals surface area contributed by atoms with Crippen molar-refractivity contribution in [1.82, 2.24) is 4.98 Å². The summed E-state index contributed by atoms with van der Waals surface area (Å²) in [4.78, 5) is 4.38. The number of nitrogens with two attached hydrogens (primary N) is 1. The smallest absolute Gasteiger partial charge is 0.150 e. The van der Waals surface area contributed by atoms with Gasteiger partial charge >= 0.3 is 0 Å². The summed E-state index contributed by atoms with van der Waals surface area (Å²) in [5.74, 6) is 1.76. The lowest BCUT2D eigenvalue weighted by molar-refractivity contribution is 0.344. The summed E-state index contributed by atoms with van der Waals surface area (Å²) >= 11 is 3.40. The highest BCUT2D eigenvalue weighted by Crippen LogP contribution is 2.22. The number of thiazole rings is 1. The number of anilines is 1. The van der Waals surface area contributed by atoms with Crippen LogP contribution in [-0.2, 0) is 0 Å². The Labute approximate surface area is 109 Å². The SMILES string of the molecule is Cc1csc(SCCOc2ccc(N)cc2)n1. The van der Waals surface area contributed by atoms with Crippen LogP contribution in [0.4, 0.5) is 5.69 Å². The largest absolute Gasteiger partial charge is 0.493 e. The second kappa shape index (κ2) is 5.93. The van der Waals surface area contributed by atoms with Gasteiger partial charge in [0, 0.05) is 22.5 Å². The van der Waals surface area contributed by atoms with E-state index in [9.17, 15) is 0 Å². The lowest BCUT2D eigenvalue weighted by Crippen LogP contribution is -2.00. The standard InChI is InChI=1S/C12H14N2OS2/c1-9-8-17-12(14-9)16-7-6-15-11-4-2-10(13)3-5-11/h2-5,8H,6-7,13H2,1H3. The Morgan fingerprint density at radius 1 is 1.35 bits per heavy atom. The monoisotopic (exact) mass is 266 g/mol. The fourth-order valence-electron chi connectivity index (χ4n) is 1.25. The Kier molecular flexibility index (Phi) is 4.28. The van der Waals surface area contributed by atoms with Gasteiger partial charge in [0.15, 0.2) is 0 Å². The summed E-state index contributed by atoms with van der Waals surface area (Å²) in [6.07, 6.45) is 0. The molecule has 90 valence electrons. The van der Waals surface area contributed by atoms with Crippen LogP contribution in [0.25, 0.3) is 0 Å². The number of nitrogen functional groups attached to an aromatic ring is 1. The van der Waals surface area contributed by atoms with Gasteiger partial charge in [-0.3, -0.25) is 0 Å². The molecule has 0 unspecified atom stereocenters. The van der Waals surface area contributed by atoms with Crippen molar-refractivity contribution in [2.45, 2.75) is 11.3 Å². The molecule has 0 saturated heterocycles. The number of aryl methyl sites for hydroxylation is 1. The quantitative estimate of drug-likeness (QED) is 0.513. The molecule has 1 aromatic heterocycles. The highest BCUT2D eigenvalue weighted by molar-refractivity contribution is 8.01. The normalized spacial score (nSPS) is 10.4. The van der Waals surface area contributed by atoms with Crippen LogP contribution in [0.1, 0.15) is 5.69 Å². The third kappa shape index (κ3) is 3.94. The van der Waals surface area contributed by atoms with Gasteiger partial charge in [0.25, 0.3) is 0 Å². The fraction of sp³-hybridized carbons (Fsp3) is 0.250. The number of aromatic nitrogens is 1. The van der Waals surface area contributed by atoms with Crippen LogP contribution in [0.3, 0.4) is 0 Å². The van der Waals surface area contributed by atoms with Gasteiger partial charge in [-0.25, -0.2) is 4.98 Å². The van der Waals surface area contributed by atoms with Crippen LogP contribution in [0.5, 0.6) is 5.75 Å². The minimum atomic E-state index is 0.674. The first kappa shape index (κ1) is 12.3. The maximum absolute atomic E-state index is 5.59. The molecular weight excluding hydrogens is 252 g/mol. The topological polar surface area (TPSA) is 48.1 Å². The summed E-state index contributed by atoms with van der Waals surface area (Å²) in [5, 5.41) is 2.06. The molecule has 2 rings (SSSR count). The van der Waals surface area contributed by atoms with Crippen molar-refractivity contribution < 1.29 is 4.74 Å². The molecule has 0 aliphatic rings. The molecule has 17 heavy (non-hydrogen) atoms. The maximum Gasteiger partial charge on any atom is 0.150 e. The first-order valence-electron chi connectivity index (χ1n) is 5.27. The number of rotatable bonds is 5. The lowest BCUT2D eigenvalue weighted by Gasteiger charge is -2.05. The first-order valence-corrected chi connectivity index (χ1v) is 7.14. The highest BCUT2D eigenvalue weighted by atomic mass is 32.2. The third-order valence-electron chi connectivity index (χ3n) is 2.06. The van der Waals surface area contributed by atoms with Crippen LogP contribution in [0, 0.1) is 6.92 Å². The molecule has 3 nitrogen and oxygen atoms in total. The Balaban J connectivity index is 1.71. The Morgan fingerprint density at radius 2 is 2.12 bits per heavy atom. The van der Waals surface area contributed by atoms with E-state index in [0.29, 0.717) is 6.61 Å². The molecule has 1 heterocycles. The van der Waals surface area contributed by atoms with Gasteiger partial charge in [0.1, 0.15) is 10.1 Å². The van der Waals surface area contributed by atoms with E-state index in [1.54, 1.807) is 23.1 Å². The molecular formula is C12H14N2OS2. The molecule has 0 atom stereocenters. The zero-order valence-corrected chi connectivity index (χ0v) is 11.2. The van der Waals surface area contributed by atoms with E-state index >= 15 is 0 Å². The number of benzene rings is 1. The molecule has 2 aromatic rings. The molecule has 5 heteroatoms. The molecule has 0 fully saturated rings. The van der Waals surface area contributed by atoms with Gasteiger partial charge in [-0.2, -0.15) is 0 Å². The molecule has 0 radical (unpaired) electrons. The summed E-state index contributed by atoms with van der Waals surface area (Å²) in [7, 11) is 0. The van der Waals surface area contributed by atoms with Crippen LogP contribution < -0.4 is 10.5 Å². The summed E-state index contributed by atoms with van der Waals surface area (Å²) in [5.41, 5.74) is 7.43. The van der Waals surface area contributed by atoms with Crippen molar-refractivity contribution >= 4 is 28.8 Å². The Bertz CT molecular complexity index is 468. The molecule has 0 aliphatic heterocycles. The van der Waals surface area contributed by atoms with Gasteiger partial charge in [0.2, 0.25) is 0 Å². The average molecular weight is 266 g/mol. The second-order valence-corrected chi connectivity index (χ2v) is 5.72. The summed E-state index contributed by atoms with van der Waals surface area (Å²) in [6.45, 7) is 2.68. The van der Waals surface area contributed by atoms with Crippen LogP contribution in [0.2, 0.25) is 0 Å². The summed E-state index contributed by atoms with van der Waals surface area (Å²) in [6, 6.07) is 7.44. The molecule has 0 saturated carbocycles. The van der Waals surface area contributed by atoms with Crippen molar-refractivity contribution in [1.29, 1.82) is 0 Å². The van der Waals surface area contributed by atoms with Gasteiger partial charge in [-0.1, -0.05) is 11.8 Å². The number of hydrogen-bond donors (Lipinski definition) is 1. The fourth-order valence-corrected chi connectivity index (χ4v) is 2.99. The molecule has 0 spiro atoms. The first-order chi connectivity index (χ1) is 8.24. The lowest BCUT2D eigenvalue weighted by atomic mass is 10.3. The van der Waals surface area contributed by atoms with Crippen LogP contribution >= 0.6 is 23.1 Å². The molecule has 2 N–H and O–H groups in total. The molecule has 0 aliphatic carbocycles. The van der Waals surface area contributed by atoms with E-state index in [4.69, 9.17) is 10.5 Å². The van der Waals surface area contributed by atoms with E-state index < -0.39 is 0 Å². The van der Waals surface area contributed by atoms with Crippen molar-refractivity contribution in [3.05, 3.63) is 35.3 Å². The number of hydrogen-bond acceptors (Lipinski definition) is 5. The minimum absolute atomic E-state index is 0.674. The molecule has 0 amide bonds. The van der Waals surface area contributed by atoms with E-state index in [1.807, 2.05) is 31.2 Å². The van der Waals surface area contributed by atoms with Gasteiger partial charge in [-0.15, -0.1) is 11.3 Å². The zero-order valence-electron chi connectivity index (χ0n) is 9.55. The predicted molar refractivity (Wildman–Crippen MR) is 73.9 cm³/mol. The van der Waals surface area contributed by atoms with Gasteiger partial charge < -0.3 is 10.5 Å². The van der Waals surface area contributed by atoms with Gasteiger partial charge in [-0.05, 0) is 31.2 Å². The minimum Gasteiger partial charge on any atom is -0.493 e. The van der Waals surface area contributed by atoms with Crippen LogP contribution in [-0.4, -0.2) is 17.3 Å². The van der Waals surface area contributed by atoms with Gasteiger partial charge in [0.05, 0.1) is 6.61 Å². The van der Waals surface area contributed by atoms with E-state index in [0.717, 1.165) is 27.2 Å². The third-order valence-corrected chi connectivity index (χ3v) is 4.16. The van der Waals surface area contributed by atoms with E-state index in [-0.39, 0.29) is 0 Å². The predicted octanol–water partition coefficient (Wildman–Crippen LogP) is 3.20. The number of thioether (sulfide) groups is 1. The van der Waals surface area contributed by atoms with E-state index in [2.05, 4.69) is 10.4 Å². The van der Waals surface area contributed by atoms with Crippen molar-refractivity contribution in [2.75, 3.05) is 18.1 Å². The number of nitrogens with zero attached hydrogens (tertiary/aromatic N) is 1. The van der Waals surface area contributed by atoms with Crippen molar-refractivity contribution in [2.24, 2.45) is 0 Å². The van der Waals surface area contributed by atoms with E-state index in [1.165, 1.54) is 0 Å². The van der Waals surface area contributed by atoms with Crippen LogP contribution in [0.15, 0.2) is 34.0 Å². The molecule has 1 aromatic carbocycles. The zero-order chi connectivity index (χ0) is 12.1. The highest BCUT2D eigenvalue weighted by Gasteiger charge is 1.99. The second-order valence-electron chi connectivity index (χ2n) is 3.52. The Morgan fingerprint density at radius 3 is 2.76 bits per heavy atom. The van der Waals surface area contributed by atoms with Crippen molar-refractivity contribution in [3.8, 4) is 5.75 Å². The Hall–Kier alpha value is -1.20. The summed E-state index contributed by atoms with van der Waals surface area (Å²) < 4.78 is 6.69. The maximum atomic E-state index is 5.59. The molecule has 0 bridgehead atoms. The van der Waals surface area contributed by atoms with Crippen molar-refractivity contribution in [3.63, 3.8) is 0 Å². The average Bonchev–Trinajstić information content (AvgIpc) is 2.73.